The topological polar surface area (TPSA) is 80.5 Å². The second kappa shape index (κ2) is 8.28. The Hall–Kier alpha value is -2.41. The van der Waals surface area contributed by atoms with Gasteiger partial charge in [0.15, 0.2) is 0 Å². The summed E-state index contributed by atoms with van der Waals surface area (Å²) < 4.78 is 10.1. The zero-order chi connectivity index (χ0) is 16.7. The maximum Gasteiger partial charge on any atom is 0.227 e. The number of aromatic nitrogens is 2. The van der Waals surface area contributed by atoms with Crippen LogP contribution in [0.2, 0.25) is 0 Å². The van der Waals surface area contributed by atoms with Crippen LogP contribution in [-0.4, -0.2) is 50.4 Å². The number of methoxy groups -OCH3 is 1. The lowest BCUT2D eigenvalue weighted by Gasteiger charge is -2.11. The lowest BCUT2D eigenvalue weighted by Crippen LogP contribution is -2.27. The number of ether oxygens (including phenoxy) is 1. The van der Waals surface area contributed by atoms with E-state index in [0.29, 0.717) is 37.7 Å². The molecule has 0 saturated heterocycles. The number of nitrogens with zero attached hydrogens (tertiary/aromatic N) is 3. The van der Waals surface area contributed by atoms with Gasteiger partial charge in [-0.2, -0.15) is 4.98 Å². The Kier molecular flexibility index (Phi) is 6.10. The molecule has 0 radical (unpaired) electrons. The molecule has 0 unspecified atom stereocenters. The molecule has 124 valence electrons. The minimum atomic E-state index is -0.0582. The average molecular weight is 318 g/mol. The number of nitrogens with one attached hydrogen (secondary N) is 1. The Balaban J connectivity index is 1.89. The number of rotatable bonds is 8. The summed E-state index contributed by atoms with van der Waals surface area (Å²) in [7, 11) is 5.56. The molecular weight excluding hydrogens is 296 g/mol. The number of amides is 1. The number of hydrogen-bond donors (Lipinski definition) is 1. The second-order valence-corrected chi connectivity index (χ2v) is 5.30. The van der Waals surface area contributed by atoms with Crippen molar-refractivity contribution in [2.45, 2.75) is 12.8 Å². The van der Waals surface area contributed by atoms with Crippen LogP contribution in [0.3, 0.4) is 0 Å². The molecule has 1 N–H and O–H groups in total. The monoisotopic (exact) mass is 318 g/mol. The van der Waals surface area contributed by atoms with Gasteiger partial charge in [0, 0.05) is 51.8 Å². The fraction of sp³-hybridized carbons (Fsp3) is 0.438. The maximum atomic E-state index is 11.6. The summed E-state index contributed by atoms with van der Waals surface area (Å²) in [4.78, 5) is 18.0. The van der Waals surface area contributed by atoms with E-state index >= 15 is 0 Å². The molecule has 1 aromatic heterocycles. The van der Waals surface area contributed by atoms with Crippen LogP contribution in [0.25, 0.3) is 11.4 Å². The van der Waals surface area contributed by atoms with E-state index in [2.05, 4.69) is 15.5 Å². The summed E-state index contributed by atoms with van der Waals surface area (Å²) in [6.45, 7) is 1.00. The number of hydrogen-bond acceptors (Lipinski definition) is 6. The molecule has 1 aromatic carbocycles. The third kappa shape index (κ3) is 5.07. The Morgan fingerprint density at radius 2 is 2.04 bits per heavy atom. The number of aryl methyl sites for hydroxylation is 1. The van der Waals surface area contributed by atoms with Gasteiger partial charge in [-0.1, -0.05) is 5.16 Å². The van der Waals surface area contributed by atoms with Crippen molar-refractivity contribution in [1.29, 1.82) is 0 Å². The highest BCUT2D eigenvalue weighted by Gasteiger charge is 2.10. The first-order valence-electron chi connectivity index (χ1n) is 7.46. The zero-order valence-corrected chi connectivity index (χ0v) is 13.7. The van der Waals surface area contributed by atoms with Crippen LogP contribution in [0.15, 0.2) is 28.8 Å². The molecule has 1 heterocycles. The van der Waals surface area contributed by atoms with E-state index in [1.807, 2.05) is 43.3 Å². The molecule has 0 aliphatic rings. The molecule has 7 nitrogen and oxygen atoms in total. The van der Waals surface area contributed by atoms with Crippen molar-refractivity contribution in [1.82, 2.24) is 15.5 Å². The summed E-state index contributed by atoms with van der Waals surface area (Å²) in [6, 6.07) is 7.88. The molecule has 0 spiro atoms. The summed E-state index contributed by atoms with van der Waals surface area (Å²) >= 11 is 0. The van der Waals surface area contributed by atoms with E-state index < -0.39 is 0 Å². The Morgan fingerprint density at radius 1 is 1.30 bits per heavy atom. The number of carbonyl (C=O) groups is 1. The van der Waals surface area contributed by atoms with E-state index in [-0.39, 0.29) is 5.91 Å². The van der Waals surface area contributed by atoms with Crippen molar-refractivity contribution in [2.75, 3.05) is 39.3 Å². The molecule has 0 fully saturated rings. The lowest BCUT2D eigenvalue weighted by atomic mass is 10.2. The SMILES string of the molecule is COCCNC(=O)CCc1nc(-c2ccc(N(C)C)cc2)no1. The van der Waals surface area contributed by atoms with Gasteiger partial charge in [-0.05, 0) is 24.3 Å². The second-order valence-electron chi connectivity index (χ2n) is 5.30. The van der Waals surface area contributed by atoms with E-state index in [1.54, 1.807) is 7.11 Å². The molecular formula is C16H22N4O3. The van der Waals surface area contributed by atoms with Crippen LogP contribution >= 0.6 is 0 Å². The van der Waals surface area contributed by atoms with Crippen molar-refractivity contribution >= 4 is 11.6 Å². The zero-order valence-electron chi connectivity index (χ0n) is 13.7. The van der Waals surface area contributed by atoms with Crippen LogP contribution in [0.5, 0.6) is 0 Å². The third-order valence-electron chi connectivity index (χ3n) is 3.30. The largest absolute Gasteiger partial charge is 0.383 e. The number of anilines is 1. The van der Waals surface area contributed by atoms with Crippen molar-refractivity contribution in [3.63, 3.8) is 0 Å². The van der Waals surface area contributed by atoms with Gasteiger partial charge in [0.2, 0.25) is 17.6 Å². The lowest BCUT2D eigenvalue weighted by molar-refractivity contribution is -0.121. The van der Waals surface area contributed by atoms with Gasteiger partial charge in [-0.25, -0.2) is 0 Å². The molecule has 0 saturated carbocycles. The van der Waals surface area contributed by atoms with Crippen molar-refractivity contribution < 1.29 is 14.1 Å². The minimum absolute atomic E-state index is 0.0582. The van der Waals surface area contributed by atoms with E-state index in [4.69, 9.17) is 9.26 Å². The summed E-state index contributed by atoms with van der Waals surface area (Å²) in [5.74, 6) is 0.931. The molecule has 2 aromatic rings. The van der Waals surface area contributed by atoms with Crippen LogP contribution in [0, 0.1) is 0 Å². The first-order valence-corrected chi connectivity index (χ1v) is 7.46. The predicted molar refractivity (Wildman–Crippen MR) is 87.3 cm³/mol. The van der Waals surface area contributed by atoms with E-state index in [1.165, 1.54) is 0 Å². The molecule has 0 aliphatic heterocycles. The fourth-order valence-electron chi connectivity index (χ4n) is 1.98. The molecule has 7 heteroatoms. The van der Waals surface area contributed by atoms with Crippen LogP contribution in [0.1, 0.15) is 12.3 Å². The van der Waals surface area contributed by atoms with Gasteiger partial charge in [0.1, 0.15) is 0 Å². The Labute approximate surface area is 135 Å². The minimum Gasteiger partial charge on any atom is -0.383 e. The third-order valence-corrected chi connectivity index (χ3v) is 3.30. The number of benzene rings is 1. The molecule has 1 amide bonds. The molecule has 0 aliphatic carbocycles. The number of carbonyl (C=O) groups excluding carboxylic acids is 1. The van der Waals surface area contributed by atoms with Crippen molar-refractivity contribution in [2.24, 2.45) is 0 Å². The predicted octanol–water partition coefficient (Wildman–Crippen LogP) is 1.50. The van der Waals surface area contributed by atoms with Crippen LogP contribution in [0.4, 0.5) is 5.69 Å². The smallest absolute Gasteiger partial charge is 0.227 e. The standard InChI is InChI=1S/C16H22N4O3/c1-20(2)13-6-4-12(5-7-13)16-18-15(23-19-16)9-8-14(21)17-10-11-22-3/h4-7H,8-11H2,1-3H3,(H,17,21). The fourth-order valence-corrected chi connectivity index (χ4v) is 1.98. The highest BCUT2D eigenvalue weighted by atomic mass is 16.5. The highest BCUT2D eigenvalue weighted by molar-refractivity contribution is 5.76. The molecule has 2 rings (SSSR count). The molecule has 23 heavy (non-hydrogen) atoms. The Morgan fingerprint density at radius 3 is 2.70 bits per heavy atom. The van der Waals surface area contributed by atoms with Gasteiger partial charge in [-0.15, -0.1) is 0 Å². The summed E-state index contributed by atoms with van der Waals surface area (Å²) in [5, 5.41) is 6.71. The maximum absolute atomic E-state index is 11.6. The van der Waals surface area contributed by atoms with E-state index in [0.717, 1.165) is 11.3 Å². The van der Waals surface area contributed by atoms with Gasteiger partial charge >= 0.3 is 0 Å². The Bertz CT molecular complexity index is 623. The van der Waals surface area contributed by atoms with Gasteiger partial charge in [-0.3, -0.25) is 4.79 Å². The van der Waals surface area contributed by atoms with Gasteiger partial charge < -0.3 is 19.5 Å². The first-order chi connectivity index (χ1) is 11.1. The quantitative estimate of drug-likeness (QED) is 0.743. The van der Waals surface area contributed by atoms with Crippen LogP contribution in [-0.2, 0) is 16.0 Å². The molecule has 0 atom stereocenters. The van der Waals surface area contributed by atoms with Crippen LogP contribution < -0.4 is 10.2 Å². The summed E-state index contributed by atoms with van der Waals surface area (Å²) in [5.41, 5.74) is 1.99. The summed E-state index contributed by atoms with van der Waals surface area (Å²) in [6.07, 6.45) is 0.729. The van der Waals surface area contributed by atoms with E-state index in [9.17, 15) is 4.79 Å². The molecule has 0 bridgehead atoms. The highest BCUT2D eigenvalue weighted by Crippen LogP contribution is 2.20. The normalized spacial score (nSPS) is 10.6. The van der Waals surface area contributed by atoms with Crippen molar-refractivity contribution in [3.05, 3.63) is 30.2 Å². The van der Waals surface area contributed by atoms with Crippen molar-refractivity contribution in [3.8, 4) is 11.4 Å². The average Bonchev–Trinajstić information content (AvgIpc) is 3.02. The van der Waals surface area contributed by atoms with Gasteiger partial charge in [0.05, 0.1) is 6.61 Å². The first kappa shape index (κ1) is 17.0. The van der Waals surface area contributed by atoms with Gasteiger partial charge in [0.25, 0.3) is 0 Å².